The molecule has 6 rings (SSSR count). The minimum atomic E-state index is 1.22. The third kappa shape index (κ3) is 4.62. The fourth-order valence-corrected chi connectivity index (χ4v) is 4.70. The van der Waals surface area contributed by atoms with Crippen molar-refractivity contribution in [3.8, 4) is 55.6 Å². The van der Waals surface area contributed by atoms with Crippen molar-refractivity contribution in [2.45, 2.75) is 0 Å². The molecular weight excluding hydrogens is 432 g/mol. The van der Waals surface area contributed by atoms with E-state index < -0.39 is 0 Å². The van der Waals surface area contributed by atoms with Crippen molar-refractivity contribution in [1.29, 1.82) is 0 Å². The van der Waals surface area contributed by atoms with Gasteiger partial charge in [0, 0.05) is 0 Å². The second-order valence-corrected chi connectivity index (χ2v) is 9.04. The summed E-state index contributed by atoms with van der Waals surface area (Å²) >= 11 is 0. The molecule has 0 fully saturated rings. The van der Waals surface area contributed by atoms with Gasteiger partial charge in [0.1, 0.15) is 0 Å². The molecule has 0 saturated heterocycles. The van der Waals surface area contributed by atoms with Crippen molar-refractivity contribution >= 4 is 0 Å². The minimum Gasteiger partial charge on any atom is -0.0622 e. The Kier molecular flexibility index (Phi) is 6.00. The van der Waals surface area contributed by atoms with E-state index in [4.69, 9.17) is 0 Å². The second-order valence-electron chi connectivity index (χ2n) is 9.04. The zero-order valence-corrected chi connectivity index (χ0v) is 20.0. The Morgan fingerprint density at radius 1 is 0.167 bits per heavy atom. The van der Waals surface area contributed by atoms with E-state index in [0.717, 1.165) is 0 Å². The highest BCUT2D eigenvalue weighted by Gasteiger charge is 2.05. The molecule has 0 radical (unpaired) electrons. The molecule has 36 heavy (non-hydrogen) atoms. The van der Waals surface area contributed by atoms with E-state index in [9.17, 15) is 0 Å². The summed E-state index contributed by atoms with van der Waals surface area (Å²) in [6.45, 7) is 0. The van der Waals surface area contributed by atoms with Gasteiger partial charge in [0.25, 0.3) is 0 Å². The predicted octanol–water partition coefficient (Wildman–Crippen LogP) is 10.0. The van der Waals surface area contributed by atoms with Crippen LogP contribution in [0.1, 0.15) is 0 Å². The molecule has 0 N–H and O–H groups in total. The molecule has 0 unspecified atom stereocenters. The number of rotatable bonds is 5. The number of hydrogen-bond donors (Lipinski definition) is 0. The van der Waals surface area contributed by atoms with Gasteiger partial charge in [-0.1, -0.05) is 152 Å². The van der Waals surface area contributed by atoms with Crippen LogP contribution in [-0.2, 0) is 0 Å². The standard InChI is InChI=1S/C36H26/c1-3-8-27(9-4-1)29-14-16-31(17-15-29)32-20-24-34(25-21-32)36-13-7-12-35(26-36)33-22-18-30(19-23-33)28-10-5-2-6-11-28/h1-26H. The van der Waals surface area contributed by atoms with E-state index in [1.165, 1.54) is 55.6 Å². The van der Waals surface area contributed by atoms with Crippen LogP contribution in [0, 0.1) is 0 Å². The van der Waals surface area contributed by atoms with Crippen LogP contribution < -0.4 is 0 Å². The zero-order chi connectivity index (χ0) is 24.2. The van der Waals surface area contributed by atoms with Crippen LogP contribution in [-0.4, -0.2) is 0 Å². The third-order valence-corrected chi connectivity index (χ3v) is 6.73. The number of benzene rings is 6. The molecule has 0 aliphatic heterocycles. The maximum atomic E-state index is 2.28. The molecule has 0 saturated carbocycles. The van der Waals surface area contributed by atoms with Crippen molar-refractivity contribution in [2.24, 2.45) is 0 Å². The van der Waals surface area contributed by atoms with E-state index in [-0.39, 0.29) is 0 Å². The summed E-state index contributed by atoms with van der Waals surface area (Å²) in [4.78, 5) is 0. The molecule has 6 aromatic rings. The monoisotopic (exact) mass is 458 g/mol. The predicted molar refractivity (Wildman–Crippen MR) is 154 cm³/mol. The van der Waals surface area contributed by atoms with E-state index >= 15 is 0 Å². The summed E-state index contributed by atoms with van der Waals surface area (Å²) < 4.78 is 0. The quantitative estimate of drug-likeness (QED) is 0.241. The molecule has 0 atom stereocenters. The van der Waals surface area contributed by atoms with Gasteiger partial charge in [-0.3, -0.25) is 0 Å². The highest BCUT2D eigenvalue weighted by atomic mass is 14.1. The molecule has 0 heteroatoms. The summed E-state index contributed by atoms with van der Waals surface area (Å²) in [5, 5.41) is 0. The molecule has 6 aromatic carbocycles. The highest BCUT2D eigenvalue weighted by Crippen LogP contribution is 2.31. The van der Waals surface area contributed by atoms with Gasteiger partial charge < -0.3 is 0 Å². The molecular formula is C36H26. The maximum absolute atomic E-state index is 2.28. The summed E-state index contributed by atoms with van der Waals surface area (Å²) in [5.41, 5.74) is 12.3. The lowest BCUT2D eigenvalue weighted by atomic mass is 9.95. The molecule has 0 nitrogen and oxygen atoms in total. The van der Waals surface area contributed by atoms with Gasteiger partial charge in [0.15, 0.2) is 0 Å². The molecule has 0 aliphatic carbocycles. The van der Waals surface area contributed by atoms with Gasteiger partial charge in [-0.15, -0.1) is 0 Å². The smallest absolute Gasteiger partial charge is 0.0178 e. The number of hydrogen-bond acceptors (Lipinski definition) is 0. The van der Waals surface area contributed by atoms with Crippen LogP contribution in [0.15, 0.2) is 158 Å². The average molecular weight is 459 g/mol. The van der Waals surface area contributed by atoms with Crippen molar-refractivity contribution in [3.05, 3.63) is 158 Å². The molecule has 170 valence electrons. The van der Waals surface area contributed by atoms with E-state index in [1.807, 2.05) is 0 Å². The van der Waals surface area contributed by atoms with Crippen LogP contribution in [0.2, 0.25) is 0 Å². The first-order valence-corrected chi connectivity index (χ1v) is 12.4. The highest BCUT2D eigenvalue weighted by molar-refractivity contribution is 5.77. The second kappa shape index (κ2) is 9.90. The van der Waals surface area contributed by atoms with Crippen LogP contribution >= 0.6 is 0 Å². The molecule has 0 aliphatic rings. The Balaban J connectivity index is 1.22. The van der Waals surface area contributed by atoms with Gasteiger partial charge in [0.2, 0.25) is 0 Å². The van der Waals surface area contributed by atoms with Gasteiger partial charge in [-0.05, 0) is 61.7 Å². The van der Waals surface area contributed by atoms with Gasteiger partial charge in [0.05, 0.1) is 0 Å². The van der Waals surface area contributed by atoms with Crippen LogP contribution in [0.25, 0.3) is 55.6 Å². The maximum Gasteiger partial charge on any atom is -0.0178 e. The summed E-state index contributed by atoms with van der Waals surface area (Å²) in [6.07, 6.45) is 0. The van der Waals surface area contributed by atoms with Crippen molar-refractivity contribution in [2.75, 3.05) is 0 Å². The van der Waals surface area contributed by atoms with E-state index in [2.05, 4.69) is 158 Å². The van der Waals surface area contributed by atoms with Crippen molar-refractivity contribution < 1.29 is 0 Å². The first-order valence-electron chi connectivity index (χ1n) is 12.4. The van der Waals surface area contributed by atoms with Gasteiger partial charge >= 0.3 is 0 Å². The van der Waals surface area contributed by atoms with Crippen LogP contribution in [0.5, 0.6) is 0 Å². The SMILES string of the molecule is c1ccc(-c2ccc(-c3ccc(-c4cccc(-c5ccc(-c6ccccc6)cc5)c4)cc3)cc2)cc1. The molecule has 0 bridgehead atoms. The first kappa shape index (κ1) is 21.8. The molecule has 0 heterocycles. The lowest BCUT2D eigenvalue weighted by molar-refractivity contribution is 1.56. The minimum absolute atomic E-state index is 1.22. The van der Waals surface area contributed by atoms with E-state index in [0.29, 0.717) is 0 Å². The summed E-state index contributed by atoms with van der Waals surface area (Å²) in [5.74, 6) is 0. The van der Waals surface area contributed by atoms with Crippen LogP contribution in [0.4, 0.5) is 0 Å². The molecule has 0 aromatic heterocycles. The lowest BCUT2D eigenvalue weighted by Crippen LogP contribution is -1.84. The Bertz CT molecular complexity index is 1560. The third-order valence-electron chi connectivity index (χ3n) is 6.73. The largest absolute Gasteiger partial charge is 0.0622 e. The Morgan fingerprint density at radius 2 is 0.389 bits per heavy atom. The summed E-state index contributed by atoms with van der Waals surface area (Å²) in [7, 11) is 0. The first-order chi connectivity index (χ1) is 17.8. The van der Waals surface area contributed by atoms with E-state index in [1.54, 1.807) is 0 Å². The Labute approximate surface area is 213 Å². The van der Waals surface area contributed by atoms with Crippen LogP contribution in [0.3, 0.4) is 0 Å². The molecule has 0 amide bonds. The fraction of sp³-hybridized carbons (Fsp3) is 0. The van der Waals surface area contributed by atoms with Gasteiger partial charge in [-0.2, -0.15) is 0 Å². The van der Waals surface area contributed by atoms with Gasteiger partial charge in [-0.25, -0.2) is 0 Å². The topological polar surface area (TPSA) is 0 Å². The zero-order valence-electron chi connectivity index (χ0n) is 20.0. The van der Waals surface area contributed by atoms with Crippen molar-refractivity contribution in [1.82, 2.24) is 0 Å². The Hall–Kier alpha value is -4.68. The Morgan fingerprint density at radius 3 is 0.694 bits per heavy atom. The summed E-state index contributed by atoms with van der Waals surface area (Å²) in [6, 6.07) is 56.3. The fourth-order valence-electron chi connectivity index (χ4n) is 4.70. The lowest BCUT2D eigenvalue weighted by Gasteiger charge is -2.09. The average Bonchev–Trinajstić information content (AvgIpc) is 2.98. The molecule has 0 spiro atoms. The van der Waals surface area contributed by atoms with Crippen molar-refractivity contribution in [3.63, 3.8) is 0 Å². The normalized spacial score (nSPS) is 10.8.